The minimum atomic E-state index is -1.59. The van der Waals surface area contributed by atoms with E-state index in [0.29, 0.717) is 23.6 Å². The Kier molecular flexibility index (Phi) is 10.3. The molecule has 15 heteroatoms. The molecule has 1 aliphatic heterocycles. The maximum absolute atomic E-state index is 13.3. The molecule has 1 fully saturated rings. The van der Waals surface area contributed by atoms with Gasteiger partial charge in [0.2, 0.25) is 5.95 Å². The van der Waals surface area contributed by atoms with E-state index < -0.39 is 32.5 Å². The zero-order chi connectivity index (χ0) is 32.2. The van der Waals surface area contributed by atoms with Crippen molar-refractivity contribution in [3.05, 3.63) is 40.7 Å². The maximum Gasteiger partial charge on any atom is 0.280 e. The van der Waals surface area contributed by atoms with Crippen molar-refractivity contribution in [1.82, 2.24) is 34.1 Å². The SMILES string of the molecule is CC(C)N(C(C)C)P(OCCC#N)O[C@H]1C[C@H](n2c(-c3cc4ccccc4[nH]3)nc3c(=O)[nH]c(/N=C/N(C)C)nc32)O[C@@H]1CO. The van der Waals surface area contributed by atoms with Crippen molar-refractivity contribution < 1.29 is 18.9 Å². The molecule has 0 saturated carbocycles. The lowest BCUT2D eigenvalue weighted by Crippen LogP contribution is -2.36. The summed E-state index contributed by atoms with van der Waals surface area (Å²) in [7, 11) is 2.05. The number of H-pyrrole nitrogens is 2. The number of aromatic amines is 2. The summed E-state index contributed by atoms with van der Waals surface area (Å²) in [4.78, 5) is 34.8. The number of ether oxygens (including phenoxy) is 1. The third-order valence-electron chi connectivity index (χ3n) is 7.26. The number of nitriles is 1. The van der Waals surface area contributed by atoms with Crippen molar-refractivity contribution in [1.29, 1.82) is 5.26 Å². The number of benzene rings is 1. The first kappa shape index (κ1) is 32.7. The zero-order valence-corrected chi connectivity index (χ0v) is 27.2. The van der Waals surface area contributed by atoms with Gasteiger partial charge in [0.05, 0.1) is 43.8 Å². The number of aliphatic hydroxyl groups excluding tert-OH is 1. The minimum Gasteiger partial charge on any atom is -0.394 e. The molecule has 0 radical (unpaired) electrons. The Labute approximate surface area is 262 Å². The van der Waals surface area contributed by atoms with Gasteiger partial charge in [-0.05, 0) is 39.8 Å². The molecule has 1 saturated heterocycles. The first-order valence-electron chi connectivity index (χ1n) is 14.9. The molecule has 3 N–H and O–H groups in total. The summed E-state index contributed by atoms with van der Waals surface area (Å²) >= 11 is 0. The molecule has 3 aromatic heterocycles. The van der Waals surface area contributed by atoms with Crippen LogP contribution in [0.5, 0.6) is 0 Å². The van der Waals surface area contributed by atoms with E-state index in [-0.39, 0.29) is 43.2 Å². The molecule has 4 atom stereocenters. The lowest BCUT2D eigenvalue weighted by atomic mass is 10.2. The highest BCUT2D eigenvalue weighted by Crippen LogP contribution is 2.50. The maximum atomic E-state index is 13.3. The van der Waals surface area contributed by atoms with Gasteiger partial charge in [-0.2, -0.15) is 10.2 Å². The van der Waals surface area contributed by atoms with Crippen LogP contribution in [-0.2, 0) is 13.8 Å². The fourth-order valence-electron chi connectivity index (χ4n) is 5.40. The molecule has 4 aromatic rings. The molecule has 240 valence electrons. The summed E-state index contributed by atoms with van der Waals surface area (Å²) in [6.45, 7) is 8.17. The van der Waals surface area contributed by atoms with Crippen molar-refractivity contribution in [3.63, 3.8) is 0 Å². The number of nitrogens with one attached hydrogen (secondary N) is 2. The predicted molar refractivity (Wildman–Crippen MR) is 173 cm³/mol. The number of aliphatic imine (C=N–C) groups is 1. The first-order valence-corrected chi connectivity index (χ1v) is 16.1. The first-order chi connectivity index (χ1) is 21.6. The second kappa shape index (κ2) is 14.2. The van der Waals surface area contributed by atoms with Crippen LogP contribution in [0.25, 0.3) is 33.6 Å². The van der Waals surface area contributed by atoms with Crippen LogP contribution in [0, 0.1) is 11.3 Å². The average Bonchev–Trinajstić information content (AvgIpc) is 3.70. The van der Waals surface area contributed by atoms with E-state index >= 15 is 0 Å². The van der Waals surface area contributed by atoms with Crippen molar-refractivity contribution in [2.24, 2.45) is 4.99 Å². The topological polar surface area (TPSA) is 170 Å². The molecule has 0 amide bonds. The van der Waals surface area contributed by atoms with Crippen LogP contribution in [0.1, 0.15) is 46.8 Å². The highest BCUT2D eigenvalue weighted by Gasteiger charge is 2.42. The molecule has 1 aromatic carbocycles. The third kappa shape index (κ3) is 7.09. The monoisotopic (exact) mass is 637 g/mol. The Morgan fingerprint density at radius 3 is 2.67 bits per heavy atom. The molecular formula is C30H40N9O5P. The summed E-state index contributed by atoms with van der Waals surface area (Å²) in [5, 5.41) is 20.5. The number of nitrogens with zero attached hydrogens (tertiary/aromatic N) is 7. The van der Waals surface area contributed by atoms with Gasteiger partial charge in [-0.15, -0.1) is 0 Å². The third-order valence-corrected chi connectivity index (χ3v) is 9.41. The van der Waals surface area contributed by atoms with E-state index in [1.54, 1.807) is 15.8 Å². The molecule has 14 nitrogen and oxygen atoms in total. The lowest BCUT2D eigenvalue weighted by Gasteiger charge is -2.37. The Morgan fingerprint density at radius 2 is 2.00 bits per heavy atom. The van der Waals surface area contributed by atoms with Crippen LogP contribution in [0.3, 0.4) is 0 Å². The van der Waals surface area contributed by atoms with Gasteiger partial charge in [0.15, 0.2) is 17.0 Å². The van der Waals surface area contributed by atoms with Gasteiger partial charge in [-0.1, -0.05) is 18.2 Å². The zero-order valence-electron chi connectivity index (χ0n) is 26.3. The molecule has 0 aliphatic carbocycles. The number of fused-ring (bicyclic) bond motifs is 2. The fourth-order valence-corrected chi connectivity index (χ4v) is 7.16. The van der Waals surface area contributed by atoms with Crippen molar-refractivity contribution in [2.45, 2.75) is 71.1 Å². The normalized spacial score (nSPS) is 19.5. The van der Waals surface area contributed by atoms with Crippen LogP contribution in [0.15, 0.2) is 40.1 Å². The van der Waals surface area contributed by atoms with Gasteiger partial charge in [-0.3, -0.25) is 14.3 Å². The van der Waals surface area contributed by atoms with E-state index in [1.807, 2.05) is 44.4 Å². The number of rotatable bonds is 13. The molecular weight excluding hydrogens is 597 g/mol. The standard InChI is InChI=1S/C30H40N9O5P/c1-18(2)39(19(3)4)45(42-13-9-12-31)44-23-15-25(43-24(23)16-40)38-27(22-14-20-10-7-8-11-21(20)33-22)34-26-28(38)35-30(36-29(26)41)32-17-37(5)6/h7-8,10-11,14,17-19,23-25,33,40H,9,13,15-16H2,1-6H3,(H,35,36,41)/b32-17+/t23-,24+,25+,45?/m0/s1. The van der Waals surface area contributed by atoms with Crippen molar-refractivity contribution in [2.75, 3.05) is 27.3 Å². The van der Waals surface area contributed by atoms with Crippen molar-refractivity contribution >= 4 is 42.9 Å². The molecule has 1 aliphatic rings. The van der Waals surface area contributed by atoms with Crippen molar-refractivity contribution in [3.8, 4) is 17.6 Å². The molecule has 4 heterocycles. The van der Waals surface area contributed by atoms with E-state index in [0.717, 1.165) is 10.9 Å². The molecule has 0 spiro atoms. The Bertz CT molecular complexity index is 1700. The largest absolute Gasteiger partial charge is 0.394 e. The highest BCUT2D eigenvalue weighted by atomic mass is 31.2. The van der Waals surface area contributed by atoms with Crippen LogP contribution in [0.4, 0.5) is 5.95 Å². The van der Waals surface area contributed by atoms with E-state index in [9.17, 15) is 9.90 Å². The number of imidazole rings is 1. The fraction of sp³-hybridized carbons (Fsp3) is 0.500. The molecule has 1 unspecified atom stereocenters. The number of aromatic nitrogens is 5. The van der Waals surface area contributed by atoms with Gasteiger partial charge < -0.3 is 28.8 Å². The van der Waals surface area contributed by atoms with Crippen LogP contribution in [-0.4, -0.2) is 97.1 Å². The highest BCUT2D eigenvalue weighted by molar-refractivity contribution is 7.44. The Hall–Kier alpha value is -3.70. The van der Waals surface area contributed by atoms with Gasteiger partial charge in [0, 0.05) is 43.5 Å². The number of aliphatic hydroxyl groups is 1. The summed E-state index contributed by atoms with van der Waals surface area (Å²) in [5.74, 6) is 0.572. The Morgan fingerprint density at radius 1 is 1.24 bits per heavy atom. The van der Waals surface area contributed by atoms with Crippen LogP contribution < -0.4 is 5.56 Å². The number of para-hydroxylation sites is 1. The summed E-state index contributed by atoms with van der Waals surface area (Å²) in [6.07, 6.45) is 0.148. The van der Waals surface area contributed by atoms with Crippen LogP contribution in [0.2, 0.25) is 0 Å². The predicted octanol–water partition coefficient (Wildman–Crippen LogP) is 4.43. The summed E-state index contributed by atoms with van der Waals surface area (Å²) in [5.41, 5.74) is 1.57. The van der Waals surface area contributed by atoms with Gasteiger partial charge >= 0.3 is 0 Å². The molecule has 45 heavy (non-hydrogen) atoms. The second-order valence-corrected chi connectivity index (χ2v) is 13.0. The smallest absolute Gasteiger partial charge is 0.280 e. The minimum absolute atomic E-state index is 0.104. The van der Waals surface area contributed by atoms with Gasteiger partial charge in [0.1, 0.15) is 12.3 Å². The van der Waals surface area contributed by atoms with Gasteiger partial charge in [-0.25, -0.2) is 14.6 Å². The molecule has 0 bridgehead atoms. The Balaban J connectivity index is 1.58. The number of hydrogen-bond donors (Lipinski definition) is 3. The van der Waals surface area contributed by atoms with E-state index in [4.69, 9.17) is 24.0 Å². The van der Waals surface area contributed by atoms with Gasteiger partial charge in [0.25, 0.3) is 14.1 Å². The average molecular weight is 638 g/mol. The quantitative estimate of drug-likeness (QED) is 0.0825. The molecule has 5 rings (SSSR count). The summed E-state index contributed by atoms with van der Waals surface area (Å²) in [6, 6.07) is 12.1. The lowest BCUT2D eigenvalue weighted by molar-refractivity contribution is -0.0406. The summed E-state index contributed by atoms with van der Waals surface area (Å²) < 4.78 is 23.1. The number of hydrogen-bond acceptors (Lipinski definition) is 10. The van der Waals surface area contributed by atoms with Crippen LogP contribution >= 0.6 is 8.53 Å². The van der Waals surface area contributed by atoms with E-state index in [2.05, 4.69) is 58.4 Å². The van der Waals surface area contributed by atoms with E-state index in [1.165, 1.54) is 0 Å². The second-order valence-electron chi connectivity index (χ2n) is 11.6.